The Kier molecular flexibility index (Phi) is 1.82. The first kappa shape index (κ1) is 10.00. The molecule has 1 saturated heterocycles. The molecule has 1 unspecified atom stereocenters. The van der Waals surface area contributed by atoms with Crippen molar-refractivity contribution in [2.45, 2.75) is 19.4 Å². The molecular weight excluding hydrogens is 228 g/mol. The summed E-state index contributed by atoms with van der Waals surface area (Å²) in [5.41, 5.74) is 4.94. The van der Waals surface area contributed by atoms with Crippen molar-refractivity contribution in [3.8, 4) is 0 Å². The van der Waals surface area contributed by atoms with E-state index in [9.17, 15) is 4.79 Å². The topological polar surface area (TPSA) is 45.3 Å². The number of hydrogen-bond acceptors (Lipinski definition) is 2. The molecule has 1 atom stereocenters. The van der Waals surface area contributed by atoms with E-state index in [1.54, 1.807) is 0 Å². The van der Waals surface area contributed by atoms with Crippen LogP contribution in [-0.2, 0) is 11.2 Å². The van der Waals surface area contributed by atoms with Gasteiger partial charge >= 0.3 is 6.09 Å². The van der Waals surface area contributed by atoms with Crippen LogP contribution in [0.15, 0.2) is 18.2 Å². The molecule has 0 saturated carbocycles. The Morgan fingerprint density at radius 3 is 3.22 bits per heavy atom. The van der Waals surface area contributed by atoms with Gasteiger partial charge in [0.2, 0.25) is 0 Å². The lowest BCUT2D eigenvalue weighted by molar-refractivity contribution is 0.157. The summed E-state index contributed by atoms with van der Waals surface area (Å²) in [6.45, 7) is 3.34. The number of aryl methyl sites for hydroxylation is 1. The molecule has 4 heteroatoms. The van der Waals surface area contributed by atoms with Crippen LogP contribution in [0.25, 0.3) is 10.9 Å². The highest BCUT2D eigenvalue weighted by atomic mass is 16.6. The number of carbonyl (C=O) groups is 1. The summed E-state index contributed by atoms with van der Waals surface area (Å²) in [6.07, 6.45) is 0.727. The van der Waals surface area contributed by atoms with Crippen LogP contribution in [0.4, 0.5) is 4.79 Å². The van der Waals surface area contributed by atoms with Crippen molar-refractivity contribution in [1.29, 1.82) is 0 Å². The first-order valence-electron chi connectivity index (χ1n) is 6.28. The average molecular weight is 242 g/mol. The van der Waals surface area contributed by atoms with Gasteiger partial charge in [-0.1, -0.05) is 11.6 Å². The Hall–Kier alpha value is -1.97. The first-order valence-corrected chi connectivity index (χ1v) is 6.28. The molecule has 0 radical (unpaired) electrons. The van der Waals surface area contributed by atoms with Crippen molar-refractivity contribution in [2.24, 2.45) is 0 Å². The molecule has 4 rings (SSSR count). The molecule has 1 amide bonds. The van der Waals surface area contributed by atoms with Gasteiger partial charge in [0.1, 0.15) is 12.6 Å². The van der Waals surface area contributed by atoms with Crippen molar-refractivity contribution >= 4 is 17.0 Å². The smallest absolute Gasteiger partial charge is 0.410 e. The lowest BCUT2D eigenvalue weighted by atomic mass is 9.98. The minimum atomic E-state index is -0.180. The van der Waals surface area contributed by atoms with E-state index in [1.165, 1.54) is 16.5 Å². The monoisotopic (exact) mass is 242 g/mol. The Morgan fingerprint density at radius 2 is 2.33 bits per heavy atom. The van der Waals surface area contributed by atoms with E-state index >= 15 is 0 Å². The van der Waals surface area contributed by atoms with Crippen LogP contribution in [0.3, 0.4) is 0 Å². The van der Waals surface area contributed by atoms with Gasteiger partial charge in [-0.3, -0.25) is 4.90 Å². The average Bonchev–Trinajstić information content (AvgIpc) is 2.90. The Morgan fingerprint density at radius 1 is 1.44 bits per heavy atom. The molecule has 92 valence electrons. The summed E-state index contributed by atoms with van der Waals surface area (Å²) >= 11 is 0. The van der Waals surface area contributed by atoms with E-state index in [4.69, 9.17) is 4.74 Å². The number of rotatable bonds is 0. The molecule has 1 aromatic heterocycles. The van der Waals surface area contributed by atoms with E-state index < -0.39 is 0 Å². The zero-order valence-electron chi connectivity index (χ0n) is 10.2. The van der Waals surface area contributed by atoms with Gasteiger partial charge in [0.15, 0.2) is 0 Å². The second-order valence-corrected chi connectivity index (χ2v) is 5.10. The number of aromatic nitrogens is 1. The first-order chi connectivity index (χ1) is 8.74. The highest BCUT2D eigenvalue weighted by Gasteiger charge is 2.39. The fraction of sp³-hybridized carbons (Fsp3) is 0.357. The second-order valence-electron chi connectivity index (χ2n) is 5.10. The molecule has 3 heterocycles. The zero-order valence-corrected chi connectivity index (χ0v) is 10.2. The molecule has 0 bridgehead atoms. The quantitative estimate of drug-likeness (QED) is 0.771. The van der Waals surface area contributed by atoms with Gasteiger partial charge in [-0.05, 0) is 31.0 Å². The maximum atomic E-state index is 11.6. The fourth-order valence-electron chi connectivity index (χ4n) is 3.11. The van der Waals surface area contributed by atoms with Gasteiger partial charge < -0.3 is 9.72 Å². The van der Waals surface area contributed by atoms with E-state index in [2.05, 4.69) is 30.1 Å². The van der Waals surface area contributed by atoms with Crippen LogP contribution >= 0.6 is 0 Å². The molecule has 2 aliphatic rings. The van der Waals surface area contributed by atoms with E-state index in [1.807, 2.05) is 4.90 Å². The molecule has 4 nitrogen and oxygen atoms in total. The van der Waals surface area contributed by atoms with Crippen molar-refractivity contribution < 1.29 is 9.53 Å². The Bertz CT molecular complexity index is 659. The second kappa shape index (κ2) is 3.28. The number of nitrogens with one attached hydrogen (secondary N) is 1. The van der Waals surface area contributed by atoms with Crippen molar-refractivity contribution in [2.75, 3.05) is 13.2 Å². The van der Waals surface area contributed by atoms with Crippen LogP contribution < -0.4 is 0 Å². The molecule has 1 N–H and O–H groups in total. The highest BCUT2D eigenvalue weighted by molar-refractivity contribution is 5.86. The van der Waals surface area contributed by atoms with Crippen molar-refractivity contribution in [1.82, 2.24) is 9.88 Å². The van der Waals surface area contributed by atoms with Crippen LogP contribution in [0, 0.1) is 6.92 Å². The molecular formula is C14H14N2O2. The van der Waals surface area contributed by atoms with E-state index in [0.717, 1.165) is 24.2 Å². The minimum absolute atomic E-state index is 0.0777. The number of cyclic esters (lactones) is 1. The van der Waals surface area contributed by atoms with Gasteiger partial charge in [-0.15, -0.1) is 0 Å². The predicted octanol–water partition coefficient (Wildman–Crippen LogP) is 2.53. The number of fused-ring (bicyclic) bond motifs is 5. The van der Waals surface area contributed by atoms with Gasteiger partial charge in [-0.2, -0.15) is 0 Å². The van der Waals surface area contributed by atoms with E-state index in [-0.39, 0.29) is 12.1 Å². The minimum Gasteiger partial charge on any atom is -0.447 e. The summed E-state index contributed by atoms with van der Waals surface area (Å²) in [5, 5.41) is 1.30. The lowest BCUT2D eigenvalue weighted by Crippen LogP contribution is -2.34. The zero-order chi connectivity index (χ0) is 12.3. The molecule has 1 fully saturated rings. The normalized spacial score (nSPS) is 21.9. The van der Waals surface area contributed by atoms with Crippen LogP contribution in [0.1, 0.15) is 22.9 Å². The number of amides is 1. The molecule has 0 aliphatic carbocycles. The summed E-state index contributed by atoms with van der Waals surface area (Å²) < 4.78 is 5.14. The third-order valence-corrected chi connectivity index (χ3v) is 4.01. The molecule has 18 heavy (non-hydrogen) atoms. The van der Waals surface area contributed by atoms with E-state index in [0.29, 0.717) is 6.61 Å². The van der Waals surface area contributed by atoms with Crippen LogP contribution in [0.5, 0.6) is 0 Å². The van der Waals surface area contributed by atoms with Gasteiger partial charge in [0.25, 0.3) is 0 Å². The third-order valence-electron chi connectivity index (χ3n) is 4.01. The van der Waals surface area contributed by atoms with Crippen molar-refractivity contribution in [3.05, 3.63) is 35.0 Å². The number of carbonyl (C=O) groups excluding carboxylic acids is 1. The number of ether oxygens (including phenoxy) is 1. The summed E-state index contributed by atoms with van der Waals surface area (Å²) in [4.78, 5) is 16.9. The summed E-state index contributed by atoms with van der Waals surface area (Å²) in [7, 11) is 0. The van der Waals surface area contributed by atoms with Gasteiger partial charge in [0, 0.05) is 23.1 Å². The molecule has 0 spiro atoms. The summed E-state index contributed by atoms with van der Waals surface area (Å²) in [5.74, 6) is 0. The molecule has 2 aromatic rings. The Balaban J connectivity index is 1.94. The largest absolute Gasteiger partial charge is 0.447 e. The summed E-state index contributed by atoms with van der Waals surface area (Å²) in [6, 6.07) is 6.52. The number of H-pyrrole nitrogens is 1. The van der Waals surface area contributed by atoms with Crippen LogP contribution in [-0.4, -0.2) is 29.1 Å². The van der Waals surface area contributed by atoms with Crippen LogP contribution in [0.2, 0.25) is 0 Å². The predicted molar refractivity (Wildman–Crippen MR) is 67.5 cm³/mol. The lowest BCUT2D eigenvalue weighted by Gasteiger charge is -2.26. The number of nitrogens with zero attached hydrogens (tertiary/aromatic N) is 1. The Labute approximate surface area is 105 Å². The number of hydrogen-bond donors (Lipinski definition) is 1. The molecule has 2 aliphatic heterocycles. The highest BCUT2D eigenvalue weighted by Crippen LogP contribution is 2.37. The number of aromatic amines is 1. The molecule has 1 aromatic carbocycles. The SMILES string of the molecule is Cc1ccc2[nH]c3c(c2c1)CCN1C(=O)OCC31. The maximum Gasteiger partial charge on any atom is 0.410 e. The van der Waals surface area contributed by atoms with Gasteiger partial charge in [0.05, 0.1) is 0 Å². The fourth-order valence-corrected chi connectivity index (χ4v) is 3.11. The van der Waals surface area contributed by atoms with Crippen molar-refractivity contribution in [3.63, 3.8) is 0 Å². The third kappa shape index (κ3) is 1.17. The maximum absolute atomic E-state index is 11.6. The van der Waals surface area contributed by atoms with Gasteiger partial charge in [-0.25, -0.2) is 4.79 Å². The standard InChI is InChI=1S/C14H14N2O2/c1-8-2-3-11-10(6-8)9-4-5-16-12(13(9)15-11)7-18-14(16)17/h2-3,6,12,15H,4-5,7H2,1H3. The number of benzene rings is 1.